The Morgan fingerprint density at radius 2 is 1.83 bits per heavy atom. The van der Waals surface area contributed by atoms with Gasteiger partial charge in [0.1, 0.15) is 0 Å². The predicted molar refractivity (Wildman–Crippen MR) is 58.0 cm³/mol. The monoisotopic (exact) mass is 188 g/mol. The van der Waals surface area contributed by atoms with Crippen LogP contribution in [0.1, 0.15) is 40.0 Å². The molecule has 0 rings (SSSR count). The van der Waals surface area contributed by atoms with E-state index >= 15 is 0 Å². The summed E-state index contributed by atoms with van der Waals surface area (Å²) >= 11 is 0. The third-order valence-corrected chi connectivity index (χ3v) is 4.83. The minimum atomic E-state index is -1.31. The van der Waals surface area contributed by atoms with Crippen molar-refractivity contribution in [2.45, 2.75) is 65.3 Å². The first-order valence-corrected chi connectivity index (χ1v) is 8.31. The predicted octanol–water partition coefficient (Wildman–Crippen LogP) is 3.81. The minimum absolute atomic E-state index is 0.462. The molecule has 0 aromatic carbocycles. The smallest absolute Gasteiger partial charge is 0.187 e. The third-order valence-electron chi connectivity index (χ3n) is 2.23. The zero-order valence-electron chi connectivity index (χ0n) is 9.31. The van der Waals surface area contributed by atoms with Gasteiger partial charge in [-0.05, 0) is 32.5 Å². The van der Waals surface area contributed by atoms with Crippen LogP contribution in [-0.4, -0.2) is 14.4 Å². The van der Waals surface area contributed by atoms with E-state index in [0.717, 1.165) is 6.42 Å². The van der Waals surface area contributed by atoms with Crippen LogP contribution in [0.25, 0.3) is 0 Å². The minimum Gasteiger partial charge on any atom is -0.415 e. The maximum absolute atomic E-state index is 6.03. The molecule has 0 N–H and O–H groups in total. The Labute approximate surface area is 78.6 Å². The summed E-state index contributed by atoms with van der Waals surface area (Å²) < 4.78 is 6.03. The lowest BCUT2D eigenvalue weighted by molar-refractivity contribution is 0.206. The van der Waals surface area contributed by atoms with Crippen LogP contribution in [0.5, 0.6) is 0 Å². The van der Waals surface area contributed by atoms with Crippen molar-refractivity contribution >= 4 is 8.32 Å². The molecular formula is C10H24OSi. The first-order valence-electron chi connectivity index (χ1n) is 5.19. The Morgan fingerprint density at radius 1 is 1.25 bits per heavy atom. The highest BCUT2D eigenvalue weighted by Gasteiger charge is 2.23. The highest BCUT2D eigenvalue weighted by molar-refractivity contribution is 6.71. The van der Waals surface area contributed by atoms with Crippen LogP contribution in [0.4, 0.5) is 0 Å². The molecule has 0 amide bonds. The van der Waals surface area contributed by atoms with E-state index in [4.69, 9.17) is 4.43 Å². The Hall–Kier alpha value is 0.177. The van der Waals surface area contributed by atoms with Gasteiger partial charge in [-0.25, -0.2) is 0 Å². The fourth-order valence-corrected chi connectivity index (χ4v) is 3.87. The molecule has 0 aliphatic heterocycles. The van der Waals surface area contributed by atoms with E-state index in [9.17, 15) is 0 Å². The average molecular weight is 188 g/mol. The molecule has 1 nitrogen and oxygen atoms in total. The second-order valence-corrected chi connectivity index (χ2v) is 8.46. The molecule has 0 spiro atoms. The Kier molecular flexibility index (Phi) is 5.84. The summed E-state index contributed by atoms with van der Waals surface area (Å²) in [6.45, 7) is 11.3. The lowest BCUT2D eigenvalue weighted by Gasteiger charge is -2.26. The van der Waals surface area contributed by atoms with Gasteiger partial charge in [0, 0.05) is 6.10 Å². The molecule has 0 aromatic heterocycles. The second kappa shape index (κ2) is 5.76. The normalized spacial score (nSPS) is 14.8. The van der Waals surface area contributed by atoms with Crippen LogP contribution < -0.4 is 0 Å². The van der Waals surface area contributed by atoms with Crippen LogP contribution in [0.3, 0.4) is 0 Å². The number of rotatable bonds is 6. The van der Waals surface area contributed by atoms with Gasteiger partial charge in [0.05, 0.1) is 0 Å². The number of hydrogen-bond acceptors (Lipinski definition) is 1. The van der Waals surface area contributed by atoms with E-state index in [2.05, 4.69) is 33.9 Å². The van der Waals surface area contributed by atoms with Crippen molar-refractivity contribution in [3.63, 3.8) is 0 Å². The first-order chi connectivity index (χ1) is 5.52. The SMILES string of the molecule is CCCC[Si](C)(C)OC(C)CC. The number of hydrogen-bond donors (Lipinski definition) is 0. The van der Waals surface area contributed by atoms with E-state index in [1.54, 1.807) is 0 Å². The maximum Gasteiger partial charge on any atom is 0.187 e. The molecule has 1 unspecified atom stereocenters. The van der Waals surface area contributed by atoms with Gasteiger partial charge < -0.3 is 4.43 Å². The zero-order valence-corrected chi connectivity index (χ0v) is 10.3. The topological polar surface area (TPSA) is 9.23 Å². The van der Waals surface area contributed by atoms with Crippen LogP contribution >= 0.6 is 0 Å². The van der Waals surface area contributed by atoms with Crippen molar-refractivity contribution in [2.75, 3.05) is 0 Å². The van der Waals surface area contributed by atoms with E-state index in [0.29, 0.717) is 6.10 Å². The third kappa shape index (κ3) is 5.78. The van der Waals surface area contributed by atoms with Crippen molar-refractivity contribution in [2.24, 2.45) is 0 Å². The molecule has 0 saturated carbocycles. The average Bonchev–Trinajstić information content (AvgIpc) is 2.00. The van der Waals surface area contributed by atoms with Crippen LogP contribution in [-0.2, 0) is 4.43 Å². The standard InChI is InChI=1S/C10H24OSi/c1-6-8-9-12(4,5)11-10(3)7-2/h10H,6-9H2,1-5H3. The van der Waals surface area contributed by atoms with Gasteiger partial charge in [-0.1, -0.05) is 26.7 Å². The summed E-state index contributed by atoms with van der Waals surface area (Å²) in [7, 11) is -1.31. The molecule has 0 fully saturated rings. The first kappa shape index (κ1) is 12.2. The molecule has 74 valence electrons. The molecule has 0 heterocycles. The van der Waals surface area contributed by atoms with Gasteiger partial charge >= 0.3 is 0 Å². The molecule has 1 atom stereocenters. The summed E-state index contributed by atoms with van der Waals surface area (Å²) in [5.74, 6) is 0. The molecule has 0 radical (unpaired) electrons. The molecule has 0 bridgehead atoms. The molecule has 0 aliphatic rings. The summed E-state index contributed by atoms with van der Waals surface area (Å²) in [6, 6.07) is 1.31. The summed E-state index contributed by atoms with van der Waals surface area (Å²) in [4.78, 5) is 0. The second-order valence-electron chi connectivity index (χ2n) is 4.20. The van der Waals surface area contributed by atoms with Crippen molar-refractivity contribution in [3.8, 4) is 0 Å². The van der Waals surface area contributed by atoms with Gasteiger partial charge in [0.15, 0.2) is 8.32 Å². The lowest BCUT2D eigenvalue weighted by atomic mass is 10.3. The Balaban J connectivity index is 3.69. The van der Waals surface area contributed by atoms with Gasteiger partial charge in [0.25, 0.3) is 0 Å². The van der Waals surface area contributed by atoms with E-state index in [1.165, 1.54) is 18.9 Å². The van der Waals surface area contributed by atoms with Crippen molar-refractivity contribution in [1.29, 1.82) is 0 Å². The Bertz CT molecular complexity index is 112. The molecular weight excluding hydrogens is 164 g/mol. The van der Waals surface area contributed by atoms with Crippen molar-refractivity contribution in [3.05, 3.63) is 0 Å². The summed E-state index contributed by atoms with van der Waals surface area (Å²) in [5.41, 5.74) is 0. The summed E-state index contributed by atoms with van der Waals surface area (Å²) in [6.07, 6.45) is 4.22. The van der Waals surface area contributed by atoms with Crippen molar-refractivity contribution in [1.82, 2.24) is 0 Å². The highest BCUT2D eigenvalue weighted by atomic mass is 28.4. The van der Waals surface area contributed by atoms with Crippen LogP contribution in [0.15, 0.2) is 0 Å². The van der Waals surface area contributed by atoms with Crippen LogP contribution in [0.2, 0.25) is 19.1 Å². The van der Waals surface area contributed by atoms with Crippen molar-refractivity contribution < 1.29 is 4.43 Å². The van der Waals surface area contributed by atoms with E-state index < -0.39 is 8.32 Å². The molecule has 2 heteroatoms. The molecule has 0 aliphatic carbocycles. The highest BCUT2D eigenvalue weighted by Crippen LogP contribution is 2.17. The van der Waals surface area contributed by atoms with Gasteiger partial charge in [-0.2, -0.15) is 0 Å². The lowest BCUT2D eigenvalue weighted by Crippen LogP contribution is -2.33. The summed E-state index contributed by atoms with van der Waals surface area (Å²) in [5, 5.41) is 0. The maximum atomic E-state index is 6.03. The Morgan fingerprint density at radius 3 is 2.25 bits per heavy atom. The molecule has 0 saturated heterocycles. The van der Waals surface area contributed by atoms with E-state index in [-0.39, 0.29) is 0 Å². The largest absolute Gasteiger partial charge is 0.415 e. The van der Waals surface area contributed by atoms with Gasteiger partial charge in [0.2, 0.25) is 0 Å². The van der Waals surface area contributed by atoms with E-state index in [1.807, 2.05) is 0 Å². The number of unbranched alkanes of at least 4 members (excludes halogenated alkanes) is 1. The van der Waals surface area contributed by atoms with Crippen LogP contribution in [0, 0.1) is 0 Å². The fraction of sp³-hybridized carbons (Fsp3) is 1.00. The zero-order chi connectivity index (χ0) is 9.61. The van der Waals surface area contributed by atoms with Gasteiger partial charge in [-0.15, -0.1) is 0 Å². The molecule has 12 heavy (non-hydrogen) atoms. The van der Waals surface area contributed by atoms with Gasteiger partial charge in [-0.3, -0.25) is 0 Å². The fourth-order valence-electron chi connectivity index (χ4n) is 1.29. The molecule has 0 aromatic rings. The quantitative estimate of drug-likeness (QED) is 0.576.